The summed E-state index contributed by atoms with van der Waals surface area (Å²) in [5.74, 6) is 3.15. The van der Waals surface area contributed by atoms with Gasteiger partial charge in [0, 0.05) is 57.6 Å². The van der Waals surface area contributed by atoms with Crippen molar-refractivity contribution < 1.29 is 0 Å². The molecule has 188 valence electrons. The maximum absolute atomic E-state index is 5.59. The van der Waals surface area contributed by atoms with Gasteiger partial charge < -0.3 is 25.3 Å². The maximum Gasteiger partial charge on any atom is 0.232 e. The average Bonchev–Trinajstić information content (AvgIpc) is 2.93. The van der Waals surface area contributed by atoms with Gasteiger partial charge in [0.1, 0.15) is 11.6 Å². The number of benzene rings is 2. The molecule has 2 aliphatic rings. The number of nitrogens with one attached hydrogen (secondary N) is 2. The van der Waals surface area contributed by atoms with Crippen LogP contribution in [0.4, 0.5) is 23.3 Å². The number of hydrogen-bond acceptors (Lipinski definition) is 6. The predicted molar refractivity (Wildman–Crippen MR) is 153 cm³/mol. The van der Waals surface area contributed by atoms with Crippen LogP contribution < -0.4 is 25.3 Å². The third kappa shape index (κ3) is 6.23. The Morgan fingerprint density at radius 1 is 0.861 bits per heavy atom. The van der Waals surface area contributed by atoms with Gasteiger partial charge >= 0.3 is 0 Å². The Hall–Kier alpha value is -3.39. The van der Waals surface area contributed by atoms with Crippen molar-refractivity contribution in [1.82, 2.24) is 15.3 Å². The first-order valence-electron chi connectivity index (χ1n) is 12.9. The number of para-hydroxylation sites is 1. The van der Waals surface area contributed by atoms with Gasteiger partial charge in [-0.2, -0.15) is 9.97 Å². The molecule has 5 rings (SSSR count). The number of piperidine rings is 1. The molecule has 2 aromatic carbocycles. The molecular weight excluding hydrogens is 466 g/mol. The zero-order chi connectivity index (χ0) is 24.7. The van der Waals surface area contributed by atoms with Gasteiger partial charge in [-0.15, -0.1) is 0 Å². The third-order valence-electron chi connectivity index (χ3n) is 6.93. The second-order valence-corrected chi connectivity index (χ2v) is 10.1. The Balaban J connectivity index is 1.31. The number of hydrogen-bond donors (Lipinski definition) is 2. The van der Waals surface area contributed by atoms with E-state index in [4.69, 9.17) is 22.2 Å². The highest BCUT2D eigenvalue weighted by Gasteiger charge is 2.23. The Morgan fingerprint density at radius 2 is 1.50 bits per heavy atom. The maximum atomic E-state index is 5.59. The van der Waals surface area contributed by atoms with Gasteiger partial charge in [-0.3, -0.25) is 0 Å². The molecule has 3 heterocycles. The Bertz CT molecular complexity index is 1130. The molecule has 2 aliphatic heterocycles. The highest BCUT2D eigenvalue weighted by molar-refractivity contribution is 7.80. The lowest BCUT2D eigenvalue weighted by atomic mass is 10.0. The van der Waals surface area contributed by atoms with Crippen molar-refractivity contribution in [2.75, 3.05) is 59.3 Å². The fourth-order valence-electron chi connectivity index (χ4n) is 4.96. The SMILES string of the molecule is CC1CCCN(c2cc(N3CCN(c4ccccc4)CC3)nc(NC(=S)NCc3ccccc3)n2)C1. The van der Waals surface area contributed by atoms with Gasteiger partial charge in [-0.05, 0) is 48.7 Å². The van der Waals surface area contributed by atoms with E-state index in [1.807, 2.05) is 18.2 Å². The van der Waals surface area contributed by atoms with Crippen LogP contribution in [0.5, 0.6) is 0 Å². The number of piperazine rings is 1. The molecule has 3 aromatic rings. The molecule has 1 aromatic heterocycles. The molecule has 36 heavy (non-hydrogen) atoms. The van der Waals surface area contributed by atoms with Crippen molar-refractivity contribution in [3.63, 3.8) is 0 Å². The van der Waals surface area contributed by atoms with Gasteiger partial charge in [0.05, 0.1) is 0 Å². The molecule has 2 saturated heterocycles. The Kier molecular flexibility index (Phi) is 7.81. The molecule has 0 amide bonds. The van der Waals surface area contributed by atoms with Gasteiger partial charge in [-0.25, -0.2) is 0 Å². The molecule has 1 unspecified atom stereocenters. The zero-order valence-electron chi connectivity index (χ0n) is 20.9. The number of rotatable bonds is 6. The fraction of sp³-hybridized carbons (Fsp3) is 0.393. The Labute approximate surface area is 219 Å². The highest BCUT2D eigenvalue weighted by atomic mass is 32.1. The van der Waals surface area contributed by atoms with Crippen molar-refractivity contribution in [1.29, 1.82) is 0 Å². The summed E-state index contributed by atoms with van der Waals surface area (Å²) in [7, 11) is 0. The van der Waals surface area contributed by atoms with Gasteiger partial charge in [-0.1, -0.05) is 55.5 Å². The van der Waals surface area contributed by atoms with Crippen LogP contribution in [0.15, 0.2) is 66.7 Å². The quantitative estimate of drug-likeness (QED) is 0.478. The van der Waals surface area contributed by atoms with E-state index >= 15 is 0 Å². The van der Waals surface area contributed by atoms with Crippen LogP contribution >= 0.6 is 12.2 Å². The molecule has 8 heteroatoms. The van der Waals surface area contributed by atoms with Crippen LogP contribution in [0.3, 0.4) is 0 Å². The standard InChI is InChI=1S/C28H35N7S/c1-22-9-8-14-35(21-22)26-19-25(34-17-15-33(16-18-34)24-12-6-3-7-13-24)30-27(31-26)32-28(36)29-20-23-10-4-2-5-11-23/h2-7,10-13,19,22H,8-9,14-18,20-21H2,1H3,(H2,29,30,31,32,36). The summed E-state index contributed by atoms with van der Waals surface area (Å²) in [5, 5.41) is 7.06. The summed E-state index contributed by atoms with van der Waals surface area (Å²) in [6, 6.07) is 23.0. The van der Waals surface area contributed by atoms with E-state index in [2.05, 4.69) is 80.8 Å². The monoisotopic (exact) mass is 501 g/mol. The first kappa shape index (κ1) is 24.3. The van der Waals surface area contributed by atoms with Crippen LogP contribution in [0.1, 0.15) is 25.3 Å². The normalized spacial score (nSPS) is 18.1. The van der Waals surface area contributed by atoms with Crippen molar-refractivity contribution in [3.05, 3.63) is 72.3 Å². The molecular formula is C28H35N7S. The first-order valence-corrected chi connectivity index (χ1v) is 13.3. The van der Waals surface area contributed by atoms with E-state index in [0.29, 0.717) is 23.5 Å². The van der Waals surface area contributed by atoms with Crippen LogP contribution in [-0.2, 0) is 6.54 Å². The highest BCUT2D eigenvalue weighted by Crippen LogP contribution is 2.27. The van der Waals surface area contributed by atoms with Crippen molar-refractivity contribution in [2.45, 2.75) is 26.3 Å². The Morgan fingerprint density at radius 3 is 2.19 bits per heavy atom. The molecule has 2 fully saturated rings. The van der Waals surface area contributed by atoms with E-state index in [-0.39, 0.29) is 0 Å². The average molecular weight is 502 g/mol. The lowest BCUT2D eigenvalue weighted by Gasteiger charge is -2.37. The second kappa shape index (κ2) is 11.6. The third-order valence-corrected chi connectivity index (χ3v) is 7.17. The molecule has 0 aliphatic carbocycles. The van der Waals surface area contributed by atoms with Crippen LogP contribution in [0, 0.1) is 5.92 Å². The van der Waals surface area contributed by atoms with E-state index in [9.17, 15) is 0 Å². The van der Waals surface area contributed by atoms with Crippen LogP contribution in [0.2, 0.25) is 0 Å². The molecule has 0 saturated carbocycles. The lowest BCUT2D eigenvalue weighted by molar-refractivity contribution is 0.444. The number of nitrogens with zero attached hydrogens (tertiary/aromatic N) is 5. The van der Waals surface area contributed by atoms with Crippen LogP contribution in [-0.4, -0.2) is 54.3 Å². The minimum Gasteiger partial charge on any atom is -0.368 e. The second-order valence-electron chi connectivity index (χ2n) is 9.70. The summed E-state index contributed by atoms with van der Waals surface area (Å²) in [6.45, 7) is 8.78. The lowest BCUT2D eigenvalue weighted by Crippen LogP contribution is -2.47. The van der Waals surface area contributed by atoms with Crippen molar-refractivity contribution >= 4 is 40.6 Å². The van der Waals surface area contributed by atoms with E-state index in [0.717, 1.165) is 50.9 Å². The molecule has 0 spiro atoms. The predicted octanol–water partition coefficient (Wildman–Crippen LogP) is 4.53. The minimum absolute atomic E-state index is 0.530. The van der Waals surface area contributed by atoms with Gasteiger partial charge in [0.2, 0.25) is 5.95 Å². The summed E-state index contributed by atoms with van der Waals surface area (Å²) in [4.78, 5) is 17.0. The smallest absolute Gasteiger partial charge is 0.232 e. The summed E-state index contributed by atoms with van der Waals surface area (Å²) in [6.07, 6.45) is 2.46. The molecule has 0 bridgehead atoms. The first-order chi connectivity index (χ1) is 17.6. The summed E-state index contributed by atoms with van der Waals surface area (Å²) >= 11 is 5.59. The van der Waals surface area contributed by atoms with E-state index < -0.39 is 0 Å². The zero-order valence-corrected chi connectivity index (χ0v) is 21.8. The number of anilines is 4. The fourth-order valence-corrected chi connectivity index (χ4v) is 5.12. The molecule has 0 radical (unpaired) electrons. The molecule has 2 N–H and O–H groups in total. The largest absolute Gasteiger partial charge is 0.368 e. The topological polar surface area (TPSA) is 59.6 Å². The van der Waals surface area contributed by atoms with Gasteiger partial charge in [0.15, 0.2) is 5.11 Å². The van der Waals surface area contributed by atoms with Crippen molar-refractivity contribution in [3.8, 4) is 0 Å². The van der Waals surface area contributed by atoms with Crippen molar-refractivity contribution in [2.24, 2.45) is 5.92 Å². The molecule has 1 atom stereocenters. The number of thiocarbonyl (C=S) groups is 1. The van der Waals surface area contributed by atoms with E-state index in [1.165, 1.54) is 24.1 Å². The summed E-state index contributed by atoms with van der Waals surface area (Å²) in [5.41, 5.74) is 2.45. The van der Waals surface area contributed by atoms with Gasteiger partial charge in [0.25, 0.3) is 0 Å². The minimum atomic E-state index is 0.530. The summed E-state index contributed by atoms with van der Waals surface area (Å²) < 4.78 is 0. The molecule has 7 nitrogen and oxygen atoms in total. The number of aromatic nitrogens is 2. The van der Waals surface area contributed by atoms with Crippen LogP contribution in [0.25, 0.3) is 0 Å². The van der Waals surface area contributed by atoms with E-state index in [1.54, 1.807) is 0 Å².